The van der Waals surface area contributed by atoms with Crippen LogP contribution in [0.4, 0.5) is 0 Å². The SMILES string of the molecule is CNC(=O)CCOCC(COCCC(=O)NC)(COCCC(=O)NC)COCCC(=O)ON1C(=O)CCC1=O. The van der Waals surface area contributed by atoms with Gasteiger partial charge in [0.15, 0.2) is 0 Å². The molecule has 0 aromatic carbocycles. The second kappa shape index (κ2) is 19.0. The molecule has 39 heavy (non-hydrogen) atoms. The number of nitrogens with one attached hydrogen (secondary N) is 3. The van der Waals surface area contributed by atoms with E-state index < -0.39 is 23.2 Å². The molecule has 15 heteroatoms. The lowest BCUT2D eigenvalue weighted by Crippen LogP contribution is -2.42. The third-order valence-electron chi connectivity index (χ3n) is 5.54. The van der Waals surface area contributed by atoms with Gasteiger partial charge in [0.1, 0.15) is 0 Å². The first-order chi connectivity index (χ1) is 18.7. The van der Waals surface area contributed by atoms with Crippen molar-refractivity contribution in [1.82, 2.24) is 21.0 Å². The summed E-state index contributed by atoms with van der Waals surface area (Å²) in [5.41, 5.74) is -0.918. The normalized spacial score (nSPS) is 13.4. The van der Waals surface area contributed by atoms with Gasteiger partial charge in [0, 0.05) is 53.2 Å². The number of rotatable bonds is 21. The van der Waals surface area contributed by atoms with Crippen LogP contribution in [0, 0.1) is 5.41 Å². The Hall–Kier alpha value is -3.14. The van der Waals surface area contributed by atoms with Gasteiger partial charge in [-0.2, -0.15) is 0 Å². The van der Waals surface area contributed by atoms with Gasteiger partial charge in [0.2, 0.25) is 17.7 Å². The molecule has 1 heterocycles. The molecular weight excluding hydrogens is 520 g/mol. The number of nitrogens with zero attached hydrogens (tertiary/aromatic N) is 1. The van der Waals surface area contributed by atoms with Crippen molar-refractivity contribution >= 4 is 35.5 Å². The highest BCUT2D eigenvalue weighted by Crippen LogP contribution is 2.22. The Balaban J connectivity index is 2.77. The Morgan fingerprint density at radius 1 is 0.641 bits per heavy atom. The van der Waals surface area contributed by atoms with Gasteiger partial charge in [-0.25, -0.2) is 4.79 Å². The van der Waals surface area contributed by atoms with Gasteiger partial charge in [0.05, 0.1) is 64.7 Å². The van der Waals surface area contributed by atoms with Crippen LogP contribution < -0.4 is 16.0 Å². The zero-order valence-electron chi connectivity index (χ0n) is 22.8. The van der Waals surface area contributed by atoms with E-state index in [4.69, 9.17) is 23.8 Å². The molecule has 0 bridgehead atoms. The van der Waals surface area contributed by atoms with Crippen molar-refractivity contribution in [2.45, 2.75) is 38.5 Å². The van der Waals surface area contributed by atoms with E-state index in [0.29, 0.717) is 5.06 Å². The first-order valence-electron chi connectivity index (χ1n) is 12.7. The van der Waals surface area contributed by atoms with E-state index >= 15 is 0 Å². The van der Waals surface area contributed by atoms with Crippen LogP contribution in [0.25, 0.3) is 0 Å². The van der Waals surface area contributed by atoms with E-state index in [1.54, 1.807) is 0 Å². The average Bonchev–Trinajstić information content (AvgIpc) is 3.25. The van der Waals surface area contributed by atoms with Gasteiger partial charge < -0.3 is 39.7 Å². The fourth-order valence-electron chi connectivity index (χ4n) is 3.24. The summed E-state index contributed by atoms with van der Waals surface area (Å²) in [6.07, 6.45) is 0.127. The topological polar surface area (TPSA) is 188 Å². The molecule has 0 unspecified atom stereocenters. The van der Waals surface area contributed by atoms with Crippen molar-refractivity contribution in [3.05, 3.63) is 0 Å². The fourth-order valence-corrected chi connectivity index (χ4v) is 3.24. The van der Waals surface area contributed by atoms with E-state index in [9.17, 15) is 28.8 Å². The largest absolute Gasteiger partial charge is 0.380 e. The third kappa shape index (κ3) is 14.0. The van der Waals surface area contributed by atoms with E-state index in [1.807, 2.05) is 0 Å². The Kier molecular flexibility index (Phi) is 16.5. The molecule has 1 aliphatic rings. The maximum Gasteiger partial charge on any atom is 0.335 e. The number of imide groups is 1. The summed E-state index contributed by atoms with van der Waals surface area (Å²) in [5.74, 6) is -2.57. The number of hydrogen-bond donors (Lipinski definition) is 3. The maximum atomic E-state index is 12.1. The van der Waals surface area contributed by atoms with Crippen LogP contribution in [0.5, 0.6) is 0 Å². The predicted molar refractivity (Wildman–Crippen MR) is 134 cm³/mol. The first-order valence-corrected chi connectivity index (χ1v) is 12.7. The van der Waals surface area contributed by atoms with E-state index in [0.717, 1.165) is 0 Å². The Bertz CT molecular complexity index is 761. The molecule has 1 fully saturated rings. The van der Waals surface area contributed by atoms with Gasteiger partial charge >= 0.3 is 5.97 Å². The number of hydrogen-bond acceptors (Lipinski definition) is 11. The highest BCUT2D eigenvalue weighted by molar-refractivity contribution is 6.01. The van der Waals surface area contributed by atoms with Gasteiger partial charge in [0.25, 0.3) is 11.8 Å². The predicted octanol–water partition coefficient (Wildman–Crippen LogP) is -1.56. The minimum absolute atomic E-state index is 0.00905. The highest BCUT2D eigenvalue weighted by Gasteiger charge is 2.34. The Morgan fingerprint density at radius 2 is 0.974 bits per heavy atom. The molecule has 0 saturated carbocycles. The highest BCUT2D eigenvalue weighted by atomic mass is 16.7. The molecule has 1 rings (SSSR count). The van der Waals surface area contributed by atoms with Crippen molar-refractivity contribution in [2.75, 3.05) is 74.0 Å². The van der Waals surface area contributed by atoms with Crippen LogP contribution in [0.15, 0.2) is 0 Å². The van der Waals surface area contributed by atoms with Gasteiger partial charge in [-0.1, -0.05) is 0 Å². The molecule has 222 valence electrons. The summed E-state index contributed by atoms with van der Waals surface area (Å²) in [5, 5.41) is 7.98. The van der Waals surface area contributed by atoms with Gasteiger partial charge in [-0.05, 0) is 0 Å². The molecular formula is C24H40N4O11. The van der Waals surface area contributed by atoms with Crippen molar-refractivity contribution in [3.63, 3.8) is 0 Å². The molecule has 0 aliphatic carbocycles. The molecule has 0 radical (unpaired) electrons. The summed E-state index contributed by atoms with van der Waals surface area (Å²) in [7, 11) is 4.55. The summed E-state index contributed by atoms with van der Waals surface area (Å²) in [6, 6.07) is 0. The summed E-state index contributed by atoms with van der Waals surface area (Å²) in [4.78, 5) is 74.8. The zero-order chi connectivity index (χ0) is 29.1. The van der Waals surface area contributed by atoms with Crippen LogP contribution in [0.1, 0.15) is 38.5 Å². The number of carbonyl (C=O) groups excluding carboxylic acids is 6. The van der Waals surface area contributed by atoms with Crippen LogP contribution in [0.2, 0.25) is 0 Å². The lowest BCUT2D eigenvalue weighted by Gasteiger charge is -2.33. The van der Waals surface area contributed by atoms with E-state index in [-0.39, 0.29) is 109 Å². The van der Waals surface area contributed by atoms with Crippen LogP contribution in [-0.4, -0.2) is 115 Å². The molecule has 5 amide bonds. The molecule has 15 nitrogen and oxygen atoms in total. The lowest BCUT2D eigenvalue weighted by atomic mass is 9.92. The minimum atomic E-state index is -0.918. The van der Waals surface area contributed by atoms with Crippen molar-refractivity contribution in [2.24, 2.45) is 5.41 Å². The van der Waals surface area contributed by atoms with Crippen LogP contribution >= 0.6 is 0 Å². The third-order valence-corrected chi connectivity index (χ3v) is 5.54. The summed E-state index contributed by atoms with van der Waals surface area (Å²) >= 11 is 0. The minimum Gasteiger partial charge on any atom is -0.380 e. The summed E-state index contributed by atoms with van der Waals surface area (Å²) < 4.78 is 22.9. The van der Waals surface area contributed by atoms with Crippen LogP contribution in [-0.2, 0) is 52.6 Å². The van der Waals surface area contributed by atoms with Gasteiger partial charge in [-0.3, -0.25) is 24.0 Å². The fraction of sp³-hybridized carbons (Fsp3) is 0.750. The molecule has 1 saturated heterocycles. The van der Waals surface area contributed by atoms with E-state index in [2.05, 4.69) is 16.0 Å². The van der Waals surface area contributed by atoms with Crippen molar-refractivity contribution in [3.8, 4) is 0 Å². The van der Waals surface area contributed by atoms with E-state index in [1.165, 1.54) is 21.1 Å². The number of carbonyl (C=O) groups is 6. The molecule has 1 aliphatic heterocycles. The second-order valence-corrected chi connectivity index (χ2v) is 8.78. The first kappa shape index (κ1) is 33.9. The molecule has 0 atom stereocenters. The summed E-state index contributed by atoms with van der Waals surface area (Å²) in [6.45, 7) is 0.362. The molecule has 3 N–H and O–H groups in total. The van der Waals surface area contributed by atoms with Crippen molar-refractivity contribution in [1.29, 1.82) is 0 Å². The Labute approximate surface area is 227 Å². The van der Waals surface area contributed by atoms with Gasteiger partial charge in [-0.15, -0.1) is 5.06 Å². The number of hydroxylamine groups is 2. The average molecular weight is 561 g/mol. The smallest absolute Gasteiger partial charge is 0.335 e. The second-order valence-electron chi connectivity index (χ2n) is 8.78. The molecule has 0 spiro atoms. The Morgan fingerprint density at radius 3 is 1.31 bits per heavy atom. The lowest BCUT2D eigenvalue weighted by molar-refractivity contribution is -0.198. The zero-order valence-corrected chi connectivity index (χ0v) is 22.8. The standard InChI is InChI=1S/C24H40N4O11/c1-25-18(29)6-10-35-14-24(15-36-11-7-19(30)26-2,16-37-12-8-20(31)27-3)17-38-13-9-23(34)39-28-21(32)4-5-22(28)33/h4-17H2,1-3H3,(H,25,29)(H,26,30)(H,27,31). The maximum absolute atomic E-state index is 12.1. The quantitative estimate of drug-likeness (QED) is 0.109. The number of ether oxygens (including phenoxy) is 4. The molecule has 0 aromatic heterocycles. The molecule has 0 aromatic rings. The number of amides is 5. The monoisotopic (exact) mass is 560 g/mol. The van der Waals surface area contributed by atoms with Crippen molar-refractivity contribution < 1.29 is 52.6 Å². The van der Waals surface area contributed by atoms with Crippen LogP contribution in [0.3, 0.4) is 0 Å².